The van der Waals surface area contributed by atoms with Gasteiger partial charge >= 0.3 is 6.01 Å². The van der Waals surface area contributed by atoms with E-state index in [9.17, 15) is 4.79 Å². The zero-order valence-electron chi connectivity index (χ0n) is 25.4. The summed E-state index contributed by atoms with van der Waals surface area (Å²) in [6.07, 6.45) is 12.0. The van der Waals surface area contributed by atoms with Crippen LogP contribution < -0.4 is 27.0 Å². The maximum absolute atomic E-state index is 16.7. The number of pyridine rings is 2. The number of carbonyl (C=O) groups excluding carboxylic acids is 1. The lowest BCUT2D eigenvalue weighted by Crippen LogP contribution is -3.00. The monoisotopic (exact) mass is 632 g/mol. The van der Waals surface area contributed by atoms with Crippen molar-refractivity contribution in [2.75, 3.05) is 50.8 Å². The zero-order valence-corrected chi connectivity index (χ0v) is 26.1. The van der Waals surface area contributed by atoms with Crippen molar-refractivity contribution in [2.45, 2.75) is 62.4 Å². The number of fused-ring (bicyclic) bond motifs is 3. The second kappa shape index (κ2) is 12.9. The minimum Gasteiger partial charge on any atom is -1.00 e. The fourth-order valence-electron chi connectivity index (χ4n) is 7.90. The number of nitrogens with zero attached hydrogens (tertiary/aromatic N) is 7. The number of hydrogen-bond acceptors (Lipinski definition) is 7. The summed E-state index contributed by atoms with van der Waals surface area (Å²) >= 11 is 0. The van der Waals surface area contributed by atoms with Gasteiger partial charge in [-0.1, -0.05) is 6.58 Å². The molecule has 0 radical (unpaired) electrons. The van der Waals surface area contributed by atoms with Crippen LogP contribution in [0.25, 0.3) is 15.7 Å². The molecule has 0 aromatic carbocycles. The van der Waals surface area contributed by atoms with Gasteiger partial charge in [-0.3, -0.25) is 14.7 Å². The summed E-state index contributed by atoms with van der Waals surface area (Å²) in [4.78, 5) is 40.0. The minimum absolute atomic E-state index is 0. The molecular formula is C33H38ClFN8O2. The number of piperazine rings is 1. The van der Waals surface area contributed by atoms with Crippen LogP contribution in [0.3, 0.4) is 0 Å². The Bertz CT molecular complexity index is 1640. The Hall–Kier alpha value is -3.88. The maximum atomic E-state index is 16.7. The lowest BCUT2D eigenvalue weighted by Gasteiger charge is -2.39. The molecule has 6 heterocycles. The van der Waals surface area contributed by atoms with Crippen molar-refractivity contribution in [1.29, 1.82) is 0 Å². The van der Waals surface area contributed by atoms with Crippen LogP contribution in [0.4, 0.5) is 10.2 Å². The van der Waals surface area contributed by atoms with Crippen LogP contribution in [-0.2, 0) is 11.2 Å². The van der Waals surface area contributed by atoms with Gasteiger partial charge in [0, 0.05) is 37.5 Å². The summed E-state index contributed by atoms with van der Waals surface area (Å²) in [7, 11) is 0. The molecule has 3 saturated heterocycles. The van der Waals surface area contributed by atoms with Crippen LogP contribution >= 0.6 is 0 Å². The second-order valence-corrected chi connectivity index (χ2v) is 12.5. The third kappa shape index (κ3) is 5.59. The number of aromatic nitrogens is 4. The Morgan fingerprint density at radius 1 is 1.22 bits per heavy atom. The average molecular weight is 633 g/mol. The van der Waals surface area contributed by atoms with Crippen molar-refractivity contribution >= 4 is 22.6 Å². The van der Waals surface area contributed by atoms with E-state index in [1.54, 1.807) is 11.1 Å². The zero-order chi connectivity index (χ0) is 30.3. The van der Waals surface area contributed by atoms with E-state index in [0.717, 1.165) is 63.7 Å². The topological polar surface area (TPSA) is 93.2 Å². The van der Waals surface area contributed by atoms with Gasteiger partial charge in [-0.15, -0.1) is 0 Å². The molecule has 3 aliphatic heterocycles. The van der Waals surface area contributed by atoms with Crippen LogP contribution in [0.5, 0.6) is 6.01 Å². The van der Waals surface area contributed by atoms with E-state index in [2.05, 4.69) is 27.4 Å². The minimum atomic E-state index is -0.453. The molecule has 7 rings (SSSR count). The van der Waals surface area contributed by atoms with Crippen LogP contribution in [0.1, 0.15) is 61.4 Å². The predicted molar refractivity (Wildman–Crippen MR) is 163 cm³/mol. The number of H-pyrrole nitrogens is 1. The molecule has 1 aliphatic carbocycles. The van der Waals surface area contributed by atoms with Crippen molar-refractivity contribution < 1.29 is 31.3 Å². The molecule has 3 aromatic rings. The number of rotatable bonds is 7. The largest absolute Gasteiger partial charge is 1.00 e. The van der Waals surface area contributed by atoms with Gasteiger partial charge in [-0.05, 0) is 70.2 Å². The molecule has 0 bridgehead atoms. The van der Waals surface area contributed by atoms with Gasteiger partial charge in [-0.25, -0.2) is 15.9 Å². The summed E-state index contributed by atoms with van der Waals surface area (Å²) in [6.45, 7) is 15.1. The summed E-state index contributed by atoms with van der Waals surface area (Å²) < 4.78 is 23.1. The summed E-state index contributed by atoms with van der Waals surface area (Å²) in [5.74, 6) is -0.334. The van der Waals surface area contributed by atoms with Crippen LogP contribution in [-0.4, -0.2) is 88.1 Å². The van der Waals surface area contributed by atoms with Gasteiger partial charge in [0.2, 0.25) is 12.5 Å². The van der Waals surface area contributed by atoms with E-state index in [1.807, 2.05) is 17.2 Å². The van der Waals surface area contributed by atoms with E-state index in [0.29, 0.717) is 43.1 Å². The molecule has 10 nitrogen and oxygen atoms in total. The molecule has 45 heavy (non-hydrogen) atoms. The summed E-state index contributed by atoms with van der Waals surface area (Å²) in [5, 5.41) is 0.498. The van der Waals surface area contributed by atoms with Gasteiger partial charge in [0.15, 0.2) is 17.7 Å². The number of nitrogens with one attached hydrogen (secondary N) is 1. The number of ether oxygens (including phenoxy) is 1. The fourth-order valence-corrected chi connectivity index (χ4v) is 7.90. The predicted octanol–water partition coefficient (Wildman–Crippen LogP) is 0.580. The van der Waals surface area contributed by atoms with Crippen molar-refractivity contribution in [1.82, 2.24) is 24.8 Å². The number of halogens is 2. The molecular weight excluding hydrogens is 595 g/mol. The molecule has 12 heteroatoms. The Balaban J connectivity index is 0.00000357. The van der Waals surface area contributed by atoms with E-state index in [1.165, 1.54) is 11.6 Å². The van der Waals surface area contributed by atoms with E-state index in [4.69, 9.17) is 26.3 Å². The van der Waals surface area contributed by atoms with Gasteiger partial charge in [-0.2, -0.15) is 9.97 Å². The van der Waals surface area contributed by atoms with Gasteiger partial charge in [0.05, 0.1) is 22.5 Å². The first-order valence-corrected chi connectivity index (χ1v) is 15.8. The molecule has 2 atom stereocenters. The Morgan fingerprint density at radius 3 is 2.82 bits per heavy atom. The number of aromatic amines is 1. The van der Waals surface area contributed by atoms with Crippen LogP contribution in [0, 0.1) is 12.4 Å². The maximum Gasteiger partial charge on any atom is 0.319 e. The molecule has 1 unspecified atom stereocenters. The van der Waals surface area contributed by atoms with Crippen LogP contribution in [0.15, 0.2) is 37.2 Å². The van der Waals surface area contributed by atoms with Gasteiger partial charge in [0.25, 0.3) is 0 Å². The third-order valence-electron chi connectivity index (χ3n) is 10.1. The first-order chi connectivity index (χ1) is 21.5. The molecule has 0 saturated carbocycles. The molecule has 1 amide bonds. The Labute approximate surface area is 268 Å². The van der Waals surface area contributed by atoms with Crippen molar-refractivity contribution in [2.24, 2.45) is 0 Å². The van der Waals surface area contributed by atoms with Crippen molar-refractivity contribution in [3.8, 4) is 6.01 Å². The third-order valence-corrected chi connectivity index (χ3v) is 10.1. The molecule has 3 fully saturated rings. The van der Waals surface area contributed by atoms with Crippen LogP contribution in [0.2, 0.25) is 0 Å². The number of anilines is 1. The SMILES string of the molecule is [C-]#[N+]C[C@H]1CN(c2nc(OCC34CCCN3CCC4)nc3c(F)c(C4CCCc5ccc[nH+]c54)ncc23)CCN1C(=O)C=C.[Cl-]. The van der Waals surface area contributed by atoms with Gasteiger partial charge < -0.3 is 31.8 Å². The van der Waals surface area contributed by atoms with Crippen molar-refractivity contribution in [3.05, 3.63) is 71.4 Å². The highest BCUT2D eigenvalue weighted by Crippen LogP contribution is 2.40. The first kappa shape index (κ1) is 31.1. The average Bonchev–Trinajstić information content (AvgIpc) is 3.64. The number of amides is 1. The second-order valence-electron chi connectivity index (χ2n) is 12.5. The highest BCUT2D eigenvalue weighted by atomic mass is 35.5. The quantitative estimate of drug-likeness (QED) is 0.278. The normalized spacial score (nSPS) is 22.3. The van der Waals surface area contributed by atoms with Crippen molar-refractivity contribution in [3.63, 3.8) is 0 Å². The number of aryl methyl sites for hydroxylation is 1. The highest BCUT2D eigenvalue weighted by Gasteiger charge is 2.45. The smallest absolute Gasteiger partial charge is 0.319 e. The summed E-state index contributed by atoms with van der Waals surface area (Å²) in [5.41, 5.74) is 2.74. The highest BCUT2D eigenvalue weighted by molar-refractivity contribution is 5.91. The molecule has 0 spiro atoms. The molecule has 236 valence electrons. The molecule has 4 aliphatic rings. The number of hydrogen-bond donors (Lipinski definition) is 0. The number of carbonyl (C=O) groups is 1. The lowest BCUT2D eigenvalue weighted by atomic mass is 9.84. The Morgan fingerprint density at radius 2 is 2.04 bits per heavy atom. The molecule has 3 aromatic heterocycles. The van der Waals surface area contributed by atoms with E-state index in [-0.39, 0.29) is 53.9 Å². The molecule has 1 N–H and O–H groups in total. The van der Waals surface area contributed by atoms with E-state index >= 15 is 4.39 Å². The Kier molecular flexibility index (Phi) is 8.89. The first-order valence-electron chi connectivity index (χ1n) is 15.8. The van der Waals surface area contributed by atoms with E-state index < -0.39 is 5.82 Å². The van der Waals surface area contributed by atoms with Gasteiger partial charge in [0.1, 0.15) is 24.0 Å². The lowest BCUT2D eigenvalue weighted by molar-refractivity contribution is -0.393. The fraction of sp³-hybridized carbons (Fsp3) is 0.515. The summed E-state index contributed by atoms with van der Waals surface area (Å²) in [6, 6.07) is 3.87. The standard InChI is InChI=1S/C33H37FN8O2.ClH/c1-3-26(43)42-17-16-40(20-23(42)18-35-2)31-25-19-37-29(24-10-4-8-22-9-5-13-36-28(22)24)27(34)30(25)38-32(39-31)44-21-33-11-6-14-41(33)15-7-12-33;/h3,5,9,13,19,23-24H,1,4,6-8,10-12,14-18,20-21H2;1H/t23-,24?;/m0./s1.